The van der Waals surface area contributed by atoms with Gasteiger partial charge in [0.1, 0.15) is 0 Å². The third kappa shape index (κ3) is 1.78. The highest BCUT2D eigenvalue weighted by molar-refractivity contribution is 5.18. The van der Waals surface area contributed by atoms with E-state index in [1.165, 1.54) is 31.2 Å². The number of rotatable bonds is 1. The Morgan fingerprint density at radius 3 is 2.77 bits per heavy atom. The quantitative estimate of drug-likeness (QED) is 0.700. The summed E-state index contributed by atoms with van der Waals surface area (Å²) >= 11 is 0. The van der Waals surface area contributed by atoms with E-state index >= 15 is 0 Å². The fourth-order valence-electron chi connectivity index (χ4n) is 2.32. The van der Waals surface area contributed by atoms with Gasteiger partial charge in [0.2, 0.25) is 0 Å². The highest BCUT2D eigenvalue weighted by atomic mass is 14.9. The van der Waals surface area contributed by atoms with Crippen LogP contribution in [0, 0.1) is 0 Å². The molecular weight excluding hydrogens is 160 g/mol. The molecule has 2 nitrogen and oxygen atoms in total. The average Bonchev–Trinajstić information content (AvgIpc) is 2.53. The second-order valence-electron chi connectivity index (χ2n) is 4.17. The van der Waals surface area contributed by atoms with Gasteiger partial charge in [-0.05, 0) is 24.5 Å². The van der Waals surface area contributed by atoms with Crippen LogP contribution in [0.1, 0.15) is 37.2 Å². The molecule has 1 saturated carbocycles. The van der Waals surface area contributed by atoms with E-state index in [4.69, 9.17) is 5.73 Å². The van der Waals surface area contributed by atoms with Crippen LogP contribution in [0.15, 0.2) is 18.5 Å². The average molecular weight is 178 g/mol. The summed E-state index contributed by atoms with van der Waals surface area (Å²) in [5.74, 6) is 0.606. The van der Waals surface area contributed by atoms with Crippen molar-refractivity contribution >= 4 is 0 Å². The minimum Gasteiger partial charge on any atom is -0.357 e. The molecule has 1 fully saturated rings. The molecule has 0 aromatic carbocycles. The van der Waals surface area contributed by atoms with Gasteiger partial charge in [0, 0.05) is 31.4 Å². The van der Waals surface area contributed by atoms with Gasteiger partial charge in [-0.3, -0.25) is 0 Å². The third-order valence-electron chi connectivity index (χ3n) is 3.10. The molecule has 0 saturated heterocycles. The van der Waals surface area contributed by atoms with Crippen LogP contribution in [0.5, 0.6) is 0 Å². The van der Waals surface area contributed by atoms with Crippen molar-refractivity contribution in [1.29, 1.82) is 0 Å². The van der Waals surface area contributed by atoms with Gasteiger partial charge in [-0.25, -0.2) is 0 Å². The second kappa shape index (κ2) is 3.54. The van der Waals surface area contributed by atoms with Gasteiger partial charge >= 0.3 is 0 Å². The lowest BCUT2D eigenvalue weighted by Gasteiger charge is -2.27. The first-order valence-electron chi connectivity index (χ1n) is 5.15. The molecule has 2 N–H and O–H groups in total. The number of hydrogen-bond donors (Lipinski definition) is 1. The van der Waals surface area contributed by atoms with Gasteiger partial charge in [0.15, 0.2) is 0 Å². The molecule has 0 amide bonds. The molecule has 13 heavy (non-hydrogen) atoms. The van der Waals surface area contributed by atoms with Gasteiger partial charge in [-0.15, -0.1) is 0 Å². The fourth-order valence-corrected chi connectivity index (χ4v) is 2.32. The Morgan fingerprint density at radius 2 is 2.15 bits per heavy atom. The maximum atomic E-state index is 6.11. The fraction of sp³-hybridized carbons (Fsp3) is 0.636. The highest BCUT2D eigenvalue weighted by Crippen LogP contribution is 2.31. The van der Waals surface area contributed by atoms with Gasteiger partial charge in [-0.1, -0.05) is 12.8 Å². The number of aromatic nitrogens is 1. The molecule has 2 atom stereocenters. The maximum Gasteiger partial charge on any atom is 0.0108 e. The van der Waals surface area contributed by atoms with Crippen LogP contribution < -0.4 is 5.73 Å². The van der Waals surface area contributed by atoms with Crippen LogP contribution >= 0.6 is 0 Å². The minimum absolute atomic E-state index is 0.385. The second-order valence-corrected chi connectivity index (χ2v) is 4.17. The van der Waals surface area contributed by atoms with Gasteiger partial charge in [-0.2, -0.15) is 0 Å². The molecule has 1 aliphatic rings. The Bertz CT molecular complexity index is 277. The molecule has 0 spiro atoms. The van der Waals surface area contributed by atoms with Gasteiger partial charge in [0.05, 0.1) is 0 Å². The zero-order valence-corrected chi connectivity index (χ0v) is 8.24. The number of nitrogens with zero attached hydrogens (tertiary/aromatic N) is 1. The largest absolute Gasteiger partial charge is 0.357 e. The Kier molecular flexibility index (Phi) is 2.40. The smallest absolute Gasteiger partial charge is 0.0108 e. The highest BCUT2D eigenvalue weighted by Gasteiger charge is 2.23. The summed E-state index contributed by atoms with van der Waals surface area (Å²) < 4.78 is 2.11. The lowest BCUT2D eigenvalue weighted by molar-refractivity contribution is 0.385. The molecule has 1 aliphatic carbocycles. The standard InChI is InChI=1S/C11H18N2/c1-13-7-6-9(8-13)10-4-2-3-5-11(10)12/h6-8,10-11H,2-5,12H2,1H3. The maximum absolute atomic E-state index is 6.11. The summed E-state index contributed by atoms with van der Waals surface area (Å²) in [5, 5.41) is 0. The minimum atomic E-state index is 0.385. The van der Waals surface area contributed by atoms with Crippen molar-refractivity contribution in [2.45, 2.75) is 37.6 Å². The normalized spacial score (nSPS) is 29.1. The molecule has 0 bridgehead atoms. The van der Waals surface area contributed by atoms with Gasteiger partial charge in [0.25, 0.3) is 0 Å². The molecule has 1 aromatic heterocycles. The van der Waals surface area contributed by atoms with Crippen LogP contribution in [-0.4, -0.2) is 10.6 Å². The predicted molar refractivity (Wildman–Crippen MR) is 54.6 cm³/mol. The number of hydrogen-bond acceptors (Lipinski definition) is 1. The summed E-state index contributed by atoms with van der Waals surface area (Å²) in [4.78, 5) is 0. The van der Waals surface area contributed by atoms with Crippen molar-refractivity contribution < 1.29 is 0 Å². The molecule has 0 radical (unpaired) electrons. The zero-order valence-electron chi connectivity index (χ0n) is 8.24. The summed E-state index contributed by atoms with van der Waals surface area (Å²) in [6, 6.07) is 2.59. The van der Waals surface area contributed by atoms with E-state index in [1.807, 2.05) is 0 Å². The van der Waals surface area contributed by atoms with Crippen molar-refractivity contribution in [3.8, 4) is 0 Å². The molecule has 0 aliphatic heterocycles. The van der Waals surface area contributed by atoms with Crippen molar-refractivity contribution in [3.63, 3.8) is 0 Å². The summed E-state index contributed by atoms with van der Waals surface area (Å²) in [7, 11) is 2.07. The van der Waals surface area contributed by atoms with Crippen LogP contribution in [0.3, 0.4) is 0 Å². The summed E-state index contributed by atoms with van der Waals surface area (Å²) in [6.45, 7) is 0. The molecule has 2 unspecified atom stereocenters. The first kappa shape index (κ1) is 8.82. The van der Waals surface area contributed by atoms with Crippen molar-refractivity contribution in [3.05, 3.63) is 24.0 Å². The van der Waals surface area contributed by atoms with E-state index in [0.717, 1.165) is 0 Å². The third-order valence-corrected chi connectivity index (χ3v) is 3.10. The zero-order chi connectivity index (χ0) is 9.26. The molecule has 72 valence electrons. The van der Waals surface area contributed by atoms with Crippen LogP contribution in [-0.2, 0) is 7.05 Å². The van der Waals surface area contributed by atoms with Gasteiger partial charge < -0.3 is 10.3 Å². The van der Waals surface area contributed by atoms with Crippen LogP contribution in [0.2, 0.25) is 0 Å². The van der Waals surface area contributed by atoms with E-state index in [9.17, 15) is 0 Å². The SMILES string of the molecule is Cn1ccc(C2CCCCC2N)c1. The molecule has 1 aromatic rings. The van der Waals surface area contributed by atoms with Crippen molar-refractivity contribution in [1.82, 2.24) is 4.57 Å². The van der Waals surface area contributed by atoms with Crippen molar-refractivity contribution in [2.75, 3.05) is 0 Å². The lowest BCUT2D eigenvalue weighted by atomic mass is 9.81. The van der Waals surface area contributed by atoms with Crippen LogP contribution in [0.4, 0.5) is 0 Å². The molecular formula is C11H18N2. The summed E-state index contributed by atoms with van der Waals surface area (Å²) in [5.41, 5.74) is 7.54. The van der Waals surface area contributed by atoms with E-state index in [-0.39, 0.29) is 0 Å². The monoisotopic (exact) mass is 178 g/mol. The summed E-state index contributed by atoms with van der Waals surface area (Å²) in [6.07, 6.45) is 9.43. The number of nitrogens with two attached hydrogens (primary N) is 1. The Labute approximate surface area is 79.7 Å². The van der Waals surface area contributed by atoms with E-state index < -0.39 is 0 Å². The Balaban J connectivity index is 2.14. The van der Waals surface area contributed by atoms with E-state index in [2.05, 4.69) is 30.1 Å². The molecule has 2 heteroatoms. The van der Waals surface area contributed by atoms with E-state index in [0.29, 0.717) is 12.0 Å². The van der Waals surface area contributed by atoms with E-state index in [1.54, 1.807) is 0 Å². The first-order valence-corrected chi connectivity index (χ1v) is 5.15. The van der Waals surface area contributed by atoms with Crippen molar-refractivity contribution in [2.24, 2.45) is 12.8 Å². The Morgan fingerprint density at radius 1 is 1.38 bits per heavy atom. The first-order chi connectivity index (χ1) is 6.27. The topological polar surface area (TPSA) is 30.9 Å². The Hall–Kier alpha value is -0.760. The lowest BCUT2D eigenvalue weighted by Crippen LogP contribution is -2.31. The number of aryl methyl sites for hydroxylation is 1. The molecule has 1 heterocycles. The molecule has 2 rings (SSSR count). The predicted octanol–water partition coefficient (Wildman–Crippen LogP) is 2.01. The van der Waals surface area contributed by atoms with Crippen LogP contribution in [0.25, 0.3) is 0 Å².